The maximum atomic E-state index is 12.0. The van der Waals surface area contributed by atoms with E-state index < -0.39 is 0 Å². The van der Waals surface area contributed by atoms with Crippen LogP contribution in [0.25, 0.3) is 0 Å². The fourth-order valence-corrected chi connectivity index (χ4v) is 2.00. The van der Waals surface area contributed by atoms with Gasteiger partial charge in [0.15, 0.2) is 0 Å². The van der Waals surface area contributed by atoms with Crippen LogP contribution in [-0.2, 0) is 24.8 Å². The van der Waals surface area contributed by atoms with Crippen molar-refractivity contribution in [2.45, 2.75) is 19.9 Å². The van der Waals surface area contributed by atoms with Crippen LogP contribution in [0.4, 0.5) is 5.69 Å². The number of anilines is 1. The lowest BCUT2D eigenvalue weighted by molar-refractivity contribution is -0.115. The summed E-state index contributed by atoms with van der Waals surface area (Å²) >= 11 is 0. The first-order valence-corrected chi connectivity index (χ1v) is 6.75. The third-order valence-corrected chi connectivity index (χ3v) is 2.98. The summed E-state index contributed by atoms with van der Waals surface area (Å²) in [5, 5.41) is 10.3. The largest absolute Gasteiger partial charge is 0.325 e. The number of carbonyl (C=O) groups excluding carboxylic acids is 1. The Balaban J connectivity index is 0.00000220. The summed E-state index contributed by atoms with van der Waals surface area (Å²) in [6.45, 7) is 3.71. The van der Waals surface area contributed by atoms with Gasteiger partial charge < -0.3 is 10.6 Å². The van der Waals surface area contributed by atoms with E-state index in [1.54, 1.807) is 10.9 Å². The van der Waals surface area contributed by atoms with E-state index in [-0.39, 0.29) is 30.7 Å². The van der Waals surface area contributed by atoms with Crippen LogP contribution in [0.15, 0.2) is 36.7 Å². The van der Waals surface area contributed by atoms with E-state index >= 15 is 0 Å². The minimum Gasteiger partial charge on any atom is -0.325 e. The molecule has 5 nitrogen and oxygen atoms in total. The molecule has 0 radical (unpaired) electrons. The van der Waals surface area contributed by atoms with Crippen molar-refractivity contribution >= 4 is 36.4 Å². The third-order valence-electron chi connectivity index (χ3n) is 2.98. The molecule has 0 aliphatic heterocycles. The molecule has 0 spiro atoms. The lowest BCUT2D eigenvalue weighted by atomic mass is 10.1. The number of benzene rings is 1. The van der Waals surface area contributed by atoms with Crippen molar-refractivity contribution in [3.8, 4) is 0 Å². The van der Waals surface area contributed by atoms with Gasteiger partial charge in [-0.05, 0) is 23.7 Å². The molecule has 0 aliphatic rings. The van der Waals surface area contributed by atoms with E-state index in [4.69, 9.17) is 0 Å². The van der Waals surface area contributed by atoms with E-state index in [0.29, 0.717) is 6.42 Å². The Labute approximate surface area is 143 Å². The Morgan fingerprint density at radius 3 is 2.64 bits per heavy atom. The van der Waals surface area contributed by atoms with Crippen molar-refractivity contribution < 1.29 is 4.79 Å². The van der Waals surface area contributed by atoms with Crippen molar-refractivity contribution in [2.75, 3.05) is 11.9 Å². The monoisotopic (exact) mass is 344 g/mol. The number of carbonyl (C=O) groups is 1. The van der Waals surface area contributed by atoms with Gasteiger partial charge in [0.1, 0.15) is 0 Å². The molecule has 2 rings (SSSR count). The lowest BCUT2D eigenvalue weighted by Gasteiger charge is -2.11. The second-order valence-corrected chi connectivity index (χ2v) is 4.68. The summed E-state index contributed by atoms with van der Waals surface area (Å²) in [4.78, 5) is 12.0. The van der Waals surface area contributed by atoms with Gasteiger partial charge in [-0.25, -0.2) is 0 Å². The molecule has 1 aromatic heterocycles. The number of aromatic nitrogens is 2. The molecule has 0 saturated heterocycles. The first kappa shape index (κ1) is 20.4. The molecule has 2 N–H and O–H groups in total. The van der Waals surface area contributed by atoms with Crippen LogP contribution in [0.1, 0.15) is 18.1 Å². The molecule has 122 valence electrons. The third kappa shape index (κ3) is 6.05. The Hall–Kier alpha value is -1.56. The molecule has 7 heteroatoms. The highest BCUT2D eigenvalue weighted by Gasteiger charge is 2.08. The van der Waals surface area contributed by atoms with Crippen LogP contribution < -0.4 is 10.6 Å². The fourth-order valence-electron chi connectivity index (χ4n) is 2.00. The number of nitrogens with one attached hydrogen (secondary N) is 2. The van der Waals surface area contributed by atoms with E-state index in [0.717, 1.165) is 29.9 Å². The minimum atomic E-state index is -0.0260. The number of nitrogens with zero attached hydrogens (tertiary/aromatic N) is 2. The van der Waals surface area contributed by atoms with Gasteiger partial charge in [-0.2, -0.15) is 5.10 Å². The first-order chi connectivity index (χ1) is 9.69. The van der Waals surface area contributed by atoms with E-state index in [1.165, 1.54) is 0 Å². The van der Waals surface area contributed by atoms with Crippen LogP contribution in [-0.4, -0.2) is 22.2 Å². The number of amides is 1. The number of para-hydroxylation sites is 1. The van der Waals surface area contributed by atoms with E-state index in [2.05, 4.69) is 22.7 Å². The highest BCUT2D eigenvalue weighted by Crippen LogP contribution is 2.15. The normalized spacial score (nSPS) is 9.55. The molecular weight excluding hydrogens is 323 g/mol. The van der Waals surface area contributed by atoms with Crippen molar-refractivity contribution in [1.82, 2.24) is 15.1 Å². The topological polar surface area (TPSA) is 58.9 Å². The van der Waals surface area contributed by atoms with Gasteiger partial charge in [-0.1, -0.05) is 25.1 Å². The smallest absolute Gasteiger partial charge is 0.228 e. The lowest BCUT2D eigenvalue weighted by Crippen LogP contribution is -2.18. The van der Waals surface area contributed by atoms with Gasteiger partial charge in [-0.3, -0.25) is 9.48 Å². The van der Waals surface area contributed by atoms with Crippen LogP contribution in [0, 0.1) is 0 Å². The van der Waals surface area contributed by atoms with Crippen LogP contribution >= 0.6 is 24.8 Å². The molecule has 22 heavy (non-hydrogen) atoms. The van der Waals surface area contributed by atoms with Crippen molar-refractivity contribution in [2.24, 2.45) is 7.05 Å². The molecule has 0 atom stereocenters. The highest BCUT2D eigenvalue weighted by molar-refractivity contribution is 5.92. The molecule has 1 heterocycles. The summed E-state index contributed by atoms with van der Waals surface area (Å²) < 4.78 is 1.70. The Morgan fingerprint density at radius 1 is 1.27 bits per heavy atom. The van der Waals surface area contributed by atoms with Crippen molar-refractivity contribution in [3.05, 3.63) is 47.8 Å². The second-order valence-electron chi connectivity index (χ2n) is 4.68. The summed E-state index contributed by atoms with van der Waals surface area (Å²) in [6.07, 6.45) is 3.90. The number of halogens is 2. The predicted molar refractivity (Wildman–Crippen MR) is 93.9 cm³/mol. The number of aryl methyl sites for hydroxylation is 1. The molecule has 0 fully saturated rings. The maximum absolute atomic E-state index is 12.0. The fraction of sp³-hybridized carbons (Fsp3) is 0.333. The SMILES string of the molecule is CCNCc1ccccc1NC(=O)Cc1cnn(C)c1.Cl.Cl. The second kappa shape index (κ2) is 10.2. The molecule has 0 saturated carbocycles. The average Bonchev–Trinajstić information content (AvgIpc) is 2.83. The average molecular weight is 345 g/mol. The van der Waals surface area contributed by atoms with Gasteiger partial charge in [0.05, 0.1) is 12.6 Å². The molecule has 0 bridgehead atoms. The molecule has 2 aromatic rings. The van der Waals surface area contributed by atoms with Crippen LogP contribution in [0.2, 0.25) is 0 Å². The van der Waals surface area contributed by atoms with Crippen LogP contribution in [0.3, 0.4) is 0 Å². The van der Waals surface area contributed by atoms with E-state index in [1.807, 2.05) is 37.5 Å². The summed E-state index contributed by atoms with van der Waals surface area (Å²) in [6, 6.07) is 7.84. The molecule has 0 aliphatic carbocycles. The van der Waals surface area contributed by atoms with Crippen molar-refractivity contribution in [1.29, 1.82) is 0 Å². The first-order valence-electron chi connectivity index (χ1n) is 6.75. The quantitative estimate of drug-likeness (QED) is 0.846. The number of rotatable bonds is 6. The Bertz CT molecular complexity index is 586. The zero-order valence-electron chi connectivity index (χ0n) is 12.7. The van der Waals surface area contributed by atoms with Gasteiger partial charge in [-0.15, -0.1) is 24.8 Å². The highest BCUT2D eigenvalue weighted by atomic mass is 35.5. The van der Waals surface area contributed by atoms with Gasteiger partial charge in [0, 0.05) is 25.5 Å². The number of hydrogen-bond donors (Lipinski definition) is 2. The molecule has 0 unspecified atom stereocenters. The van der Waals surface area contributed by atoms with E-state index in [9.17, 15) is 4.79 Å². The van der Waals surface area contributed by atoms with Gasteiger partial charge in [0.25, 0.3) is 0 Å². The summed E-state index contributed by atoms with van der Waals surface area (Å²) in [5.41, 5.74) is 2.87. The molecule has 1 amide bonds. The van der Waals surface area contributed by atoms with Crippen molar-refractivity contribution in [3.63, 3.8) is 0 Å². The molecule has 1 aromatic carbocycles. The zero-order chi connectivity index (χ0) is 14.4. The Morgan fingerprint density at radius 2 is 2.00 bits per heavy atom. The minimum absolute atomic E-state index is 0. The Kier molecular flexibility index (Phi) is 9.49. The summed E-state index contributed by atoms with van der Waals surface area (Å²) in [5.74, 6) is -0.0260. The van der Waals surface area contributed by atoms with Gasteiger partial charge in [0.2, 0.25) is 5.91 Å². The summed E-state index contributed by atoms with van der Waals surface area (Å²) in [7, 11) is 1.84. The van der Waals surface area contributed by atoms with Gasteiger partial charge >= 0.3 is 0 Å². The zero-order valence-corrected chi connectivity index (χ0v) is 14.3. The maximum Gasteiger partial charge on any atom is 0.228 e. The molecular formula is C15H22Cl2N4O. The standard InChI is InChI=1S/C15H20N4O.2ClH/c1-3-16-10-13-6-4-5-7-14(13)18-15(20)8-12-9-17-19(2)11-12;;/h4-7,9,11,16H,3,8,10H2,1-2H3,(H,18,20);2*1H. The predicted octanol–water partition coefficient (Wildman–Crippen LogP) is 2.55. The van der Waals surface area contributed by atoms with Crippen LogP contribution in [0.5, 0.6) is 0 Å². The number of hydrogen-bond acceptors (Lipinski definition) is 3.